The van der Waals surface area contributed by atoms with Crippen LogP contribution >= 0.6 is 22.6 Å². The molecule has 1 amide bonds. The highest BCUT2D eigenvalue weighted by Gasteiger charge is 2.19. The SMILES string of the molecule is O=C(SNS(=O)(=O)Cl)N1CCN=N1. The highest BCUT2D eigenvalue weighted by molar-refractivity contribution is 8.25. The molecule has 0 fully saturated rings. The normalized spacial score (nSPS) is 16.5. The molecule has 0 radical (unpaired) electrons. The summed E-state index contributed by atoms with van der Waals surface area (Å²) in [7, 11) is 0.916. The van der Waals surface area contributed by atoms with Gasteiger partial charge in [0.25, 0.3) is 0 Å². The van der Waals surface area contributed by atoms with Gasteiger partial charge in [-0.3, -0.25) is 4.79 Å². The molecule has 0 aromatic heterocycles. The molecule has 13 heavy (non-hydrogen) atoms. The van der Waals surface area contributed by atoms with E-state index >= 15 is 0 Å². The Labute approximate surface area is 83.2 Å². The average molecular weight is 245 g/mol. The van der Waals surface area contributed by atoms with Crippen LogP contribution < -0.4 is 4.13 Å². The summed E-state index contributed by atoms with van der Waals surface area (Å²) in [4.78, 5) is 11.0. The van der Waals surface area contributed by atoms with Crippen LogP contribution in [0.4, 0.5) is 4.79 Å². The zero-order chi connectivity index (χ0) is 9.90. The first-order valence-electron chi connectivity index (χ1n) is 3.06. The van der Waals surface area contributed by atoms with Gasteiger partial charge in [0, 0.05) is 22.6 Å². The highest BCUT2D eigenvalue weighted by atomic mass is 35.7. The van der Waals surface area contributed by atoms with Crippen LogP contribution in [-0.4, -0.2) is 31.8 Å². The molecular formula is C3H5ClN4O3S2. The molecule has 1 N–H and O–H groups in total. The molecule has 0 atom stereocenters. The maximum Gasteiger partial charge on any atom is 0.319 e. The summed E-state index contributed by atoms with van der Waals surface area (Å²) in [6, 6.07) is 0. The largest absolute Gasteiger partial charge is 0.319 e. The van der Waals surface area contributed by atoms with Gasteiger partial charge in [-0.2, -0.15) is 13.5 Å². The first-order chi connectivity index (χ1) is 5.99. The number of amides is 1. The molecule has 1 rings (SSSR count). The molecule has 10 heteroatoms. The van der Waals surface area contributed by atoms with Gasteiger partial charge in [-0.05, 0) is 0 Å². The Hall–Kier alpha value is -0.380. The monoisotopic (exact) mass is 244 g/mol. The predicted octanol–water partition coefficient (Wildman–Crippen LogP) is 0.511. The van der Waals surface area contributed by atoms with Crippen LogP contribution in [0, 0.1) is 0 Å². The molecule has 0 saturated carbocycles. The van der Waals surface area contributed by atoms with Crippen LogP contribution in [0.2, 0.25) is 0 Å². The van der Waals surface area contributed by atoms with E-state index in [1.54, 1.807) is 4.13 Å². The number of rotatable bonds is 2. The second-order valence-corrected chi connectivity index (χ2v) is 5.28. The van der Waals surface area contributed by atoms with E-state index < -0.39 is 14.5 Å². The molecule has 7 nitrogen and oxygen atoms in total. The molecule has 0 aromatic rings. The molecule has 0 spiro atoms. The summed E-state index contributed by atoms with van der Waals surface area (Å²) in [5, 5.41) is 7.46. The van der Waals surface area contributed by atoms with Crippen molar-refractivity contribution in [3.05, 3.63) is 0 Å². The molecule has 1 heterocycles. The number of nitrogens with zero attached hydrogens (tertiary/aromatic N) is 3. The first-order valence-corrected chi connectivity index (χ1v) is 6.19. The van der Waals surface area contributed by atoms with Gasteiger partial charge in [0.2, 0.25) is 0 Å². The quantitative estimate of drug-likeness (QED) is 0.566. The fraction of sp³-hybridized carbons (Fsp3) is 0.667. The standard InChI is InChI=1S/C3H5ClN4O3S2/c4-13(10,11)7-12-3(9)8-2-1-5-6-8/h7H,1-2H2. The lowest BCUT2D eigenvalue weighted by molar-refractivity contribution is 0.230. The zero-order valence-corrected chi connectivity index (χ0v) is 8.56. The first kappa shape index (κ1) is 10.7. The third-order valence-corrected chi connectivity index (χ3v) is 3.10. The van der Waals surface area contributed by atoms with Gasteiger partial charge in [-0.15, -0.1) is 4.13 Å². The van der Waals surface area contributed by atoms with Crippen LogP contribution in [-0.2, 0) is 9.24 Å². The molecular weight excluding hydrogens is 240 g/mol. The minimum absolute atomic E-state index is 0.344. The Morgan fingerprint density at radius 2 is 2.31 bits per heavy atom. The summed E-state index contributed by atoms with van der Waals surface area (Å²) in [6.07, 6.45) is 0. The maximum atomic E-state index is 11.0. The van der Waals surface area contributed by atoms with Crippen LogP contribution in [0.15, 0.2) is 10.3 Å². The lowest BCUT2D eigenvalue weighted by Crippen LogP contribution is -2.24. The van der Waals surface area contributed by atoms with Crippen molar-refractivity contribution in [3.63, 3.8) is 0 Å². The minimum Gasteiger partial charge on any atom is -0.258 e. The molecule has 0 unspecified atom stereocenters. The second-order valence-electron chi connectivity index (χ2n) is 1.97. The van der Waals surface area contributed by atoms with Crippen LogP contribution in [0.5, 0.6) is 0 Å². The van der Waals surface area contributed by atoms with Crippen LogP contribution in [0.1, 0.15) is 0 Å². The van der Waals surface area contributed by atoms with E-state index in [2.05, 4.69) is 10.3 Å². The number of halogens is 1. The van der Waals surface area contributed by atoms with E-state index in [1.807, 2.05) is 0 Å². The van der Waals surface area contributed by atoms with Gasteiger partial charge in [0.1, 0.15) is 0 Å². The Kier molecular flexibility index (Phi) is 3.47. The molecule has 1 aliphatic rings. The molecule has 0 aromatic carbocycles. The number of hydrogen-bond acceptors (Lipinski definition) is 6. The van der Waals surface area contributed by atoms with Crippen molar-refractivity contribution in [1.82, 2.24) is 9.14 Å². The second kappa shape index (κ2) is 4.22. The average Bonchev–Trinajstić information content (AvgIpc) is 2.50. The smallest absolute Gasteiger partial charge is 0.258 e. The van der Waals surface area contributed by atoms with Gasteiger partial charge >= 0.3 is 14.5 Å². The lowest BCUT2D eigenvalue weighted by Gasteiger charge is -2.07. The van der Waals surface area contributed by atoms with E-state index in [0.29, 0.717) is 25.0 Å². The van der Waals surface area contributed by atoms with Crippen molar-refractivity contribution < 1.29 is 13.2 Å². The highest BCUT2D eigenvalue weighted by Crippen LogP contribution is 2.11. The number of carbonyl (C=O) groups is 1. The molecule has 0 saturated heterocycles. The van der Waals surface area contributed by atoms with E-state index in [4.69, 9.17) is 10.7 Å². The van der Waals surface area contributed by atoms with Crippen LogP contribution in [0.3, 0.4) is 0 Å². The van der Waals surface area contributed by atoms with Crippen molar-refractivity contribution in [3.8, 4) is 0 Å². The van der Waals surface area contributed by atoms with Crippen molar-refractivity contribution >= 4 is 37.1 Å². The van der Waals surface area contributed by atoms with E-state index in [0.717, 1.165) is 5.01 Å². The van der Waals surface area contributed by atoms with E-state index in [-0.39, 0.29) is 0 Å². The summed E-state index contributed by atoms with van der Waals surface area (Å²) in [5.74, 6) is 0. The fourth-order valence-corrected chi connectivity index (χ4v) is 1.77. The third-order valence-electron chi connectivity index (χ3n) is 1.02. The topological polar surface area (TPSA) is 91.2 Å². The van der Waals surface area contributed by atoms with Crippen LogP contribution in [0.25, 0.3) is 0 Å². The van der Waals surface area contributed by atoms with Crippen molar-refractivity contribution in [2.45, 2.75) is 0 Å². The summed E-state index contributed by atoms with van der Waals surface area (Å²) < 4.78 is 22.5. The maximum absolute atomic E-state index is 11.0. The zero-order valence-electron chi connectivity index (χ0n) is 6.18. The van der Waals surface area contributed by atoms with Crippen molar-refractivity contribution in [1.29, 1.82) is 0 Å². The van der Waals surface area contributed by atoms with Crippen molar-refractivity contribution in [2.75, 3.05) is 13.1 Å². The Morgan fingerprint density at radius 1 is 1.62 bits per heavy atom. The molecule has 0 bridgehead atoms. The Balaban J connectivity index is 2.38. The summed E-state index contributed by atoms with van der Waals surface area (Å²) in [5.41, 5.74) is 0. The van der Waals surface area contributed by atoms with E-state index in [9.17, 15) is 13.2 Å². The number of hydrogen-bond donors (Lipinski definition) is 1. The lowest BCUT2D eigenvalue weighted by atomic mass is 10.7. The summed E-state index contributed by atoms with van der Waals surface area (Å²) in [6.45, 7) is 0.787. The van der Waals surface area contributed by atoms with Gasteiger partial charge < -0.3 is 0 Å². The van der Waals surface area contributed by atoms with Gasteiger partial charge in [-0.1, -0.05) is 5.22 Å². The van der Waals surface area contributed by atoms with Crippen molar-refractivity contribution in [2.24, 2.45) is 10.3 Å². The van der Waals surface area contributed by atoms with Gasteiger partial charge in [0.05, 0.1) is 13.1 Å². The van der Waals surface area contributed by atoms with E-state index in [1.165, 1.54) is 0 Å². The Bertz CT molecular complexity index is 328. The molecule has 0 aliphatic carbocycles. The van der Waals surface area contributed by atoms with Gasteiger partial charge in [0.15, 0.2) is 0 Å². The molecule has 74 valence electrons. The number of nitrogens with one attached hydrogen (secondary N) is 1. The summed E-state index contributed by atoms with van der Waals surface area (Å²) >= 11 is 0.344. The predicted molar refractivity (Wildman–Crippen MR) is 47.3 cm³/mol. The number of carbonyl (C=O) groups excluding carboxylic acids is 1. The molecule has 1 aliphatic heterocycles. The Morgan fingerprint density at radius 3 is 2.77 bits per heavy atom. The van der Waals surface area contributed by atoms with Gasteiger partial charge in [-0.25, -0.2) is 5.01 Å². The fourth-order valence-electron chi connectivity index (χ4n) is 0.571. The third kappa shape index (κ3) is 3.89. The minimum atomic E-state index is -3.88.